The van der Waals surface area contributed by atoms with Crippen LogP contribution in [0.2, 0.25) is 0 Å². The number of hydrogen-bond donors (Lipinski definition) is 1. The van der Waals surface area contributed by atoms with Gasteiger partial charge in [0.05, 0.1) is 0 Å². The van der Waals surface area contributed by atoms with Gasteiger partial charge in [-0.2, -0.15) is 0 Å². The van der Waals surface area contributed by atoms with E-state index in [0.29, 0.717) is 5.75 Å². The lowest BCUT2D eigenvalue weighted by molar-refractivity contribution is 0.470. The Labute approximate surface area is 87.7 Å². The molecule has 2 heteroatoms. The van der Waals surface area contributed by atoms with Crippen molar-refractivity contribution >= 4 is 11.3 Å². The van der Waals surface area contributed by atoms with E-state index >= 15 is 0 Å². The first-order valence-electron chi connectivity index (χ1n) is 4.54. The van der Waals surface area contributed by atoms with E-state index in [4.69, 9.17) is 0 Å². The Kier molecular flexibility index (Phi) is 2.30. The van der Waals surface area contributed by atoms with Crippen LogP contribution in [-0.4, -0.2) is 5.11 Å². The first-order valence-corrected chi connectivity index (χ1v) is 5.36. The van der Waals surface area contributed by atoms with E-state index in [1.54, 1.807) is 11.3 Å². The quantitative estimate of drug-likeness (QED) is 0.750. The number of aryl methyl sites for hydroxylation is 1. The number of benzene rings is 1. The fourth-order valence-electron chi connectivity index (χ4n) is 1.51. The second-order valence-electron chi connectivity index (χ2n) is 3.33. The van der Waals surface area contributed by atoms with Gasteiger partial charge in [-0.3, -0.25) is 0 Å². The van der Waals surface area contributed by atoms with Gasteiger partial charge < -0.3 is 5.11 Å². The smallest absolute Gasteiger partial charge is 0.132 e. The lowest BCUT2D eigenvalue weighted by atomic mass is 10.1. The normalized spacial score (nSPS) is 10.4. The van der Waals surface area contributed by atoms with Crippen LogP contribution in [0.1, 0.15) is 10.4 Å². The van der Waals surface area contributed by atoms with Crippen LogP contribution < -0.4 is 0 Å². The third-order valence-corrected chi connectivity index (χ3v) is 3.57. The summed E-state index contributed by atoms with van der Waals surface area (Å²) in [6, 6.07) is 10.2. The van der Waals surface area contributed by atoms with Crippen molar-refractivity contribution in [2.24, 2.45) is 0 Å². The van der Waals surface area contributed by atoms with Gasteiger partial charge in [-0.15, -0.1) is 11.3 Å². The maximum Gasteiger partial charge on any atom is 0.132 e. The summed E-state index contributed by atoms with van der Waals surface area (Å²) in [5, 5.41) is 9.70. The predicted octanol–water partition coefficient (Wildman–Crippen LogP) is 3.74. The van der Waals surface area contributed by atoms with Gasteiger partial charge in [0.25, 0.3) is 0 Å². The Balaban J connectivity index is 2.58. The van der Waals surface area contributed by atoms with Crippen LogP contribution in [0.15, 0.2) is 30.3 Å². The molecule has 1 nitrogen and oxygen atoms in total. The molecule has 0 saturated heterocycles. The highest BCUT2D eigenvalue weighted by Gasteiger charge is 2.11. The average molecular weight is 204 g/mol. The molecule has 0 aliphatic carbocycles. The Morgan fingerprint density at radius 2 is 1.71 bits per heavy atom. The van der Waals surface area contributed by atoms with Crippen LogP contribution in [0.4, 0.5) is 0 Å². The maximum absolute atomic E-state index is 9.70. The SMILES string of the molecule is Cc1sc(-c2ccccc2)c(C)c1O. The van der Waals surface area contributed by atoms with Crippen molar-refractivity contribution in [1.29, 1.82) is 0 Å². The van der Waals surface area contributed by atoms with E-state index < -0.39 is 0 Å². The van der Waals surface area contributed by atoms with Crippen molar-refractivity contribution in [2.75, 3.05) is 0 Å². The van der Waals surface area contributed by atoms with Gasteiger partial charge in [0.15, 0.2) is 0 Å². The third kappa shape index (κ3) is 1.42. The second kappa shape index (κ2) is 3.46. The molecular weight excluding hydrogens is 192 g/mol. The average Bonchev–Trinajstić information content (AvgIpc) is 2.47. The Morgan fingerprint density at radius 3 is 2.21 bits per heavy atom. The van der Waals surface area contributed by atoms with Crippen LogP contribution in [0.5, 0.6) is 5.75 Å². The summed E-state index contributed by atoms with van der Waals surface area (Å²) in [6.07, 6.45) is 0. The molecule has 72 valence electrons. The van der Waals surface area contributed by atoms with Gasteiger partial charge in [0.1, 0.15) is 5.75 Å². The standard InChI is InChI=1S/C12H12OS/c1-8-11(13)9(2)14-12(8)10-6-4-3-5-7-10/h3-7,13H,1-2H3. The molecule has 1 aromatic carbocycles. The molecule has 0 radical (unpaired) electrons. The molecule has 0 saturated carbocycles. The van der Waals surface area contributed by atoms with Crippen LogP contribution in [0.3, 0.4) is 0 Å². The zero-order valence-electron chi connectivity index (χ0n) is 8.24. The first-order chi connectivity index (χ1) is 6.70. The molecule has 0 spiro atoms. The largest absolute Gasteiger partial charge is 0.507 e. The summed E-state index contributed by atoms with van der Waals surface area (Å²) in [7, 11) is 0. The summed E-state index contributed by atoms with van der Waals surface area (Å²) < 4.78 is 0. The number of hydrogen-bond acceptors (Lipinski definition) is 2. The van der Waals surface area contributed by atoms with E-state index in [1.807, 2.05) is 32.0 Å². The highest BCUT2D eigenvalue weighted by atomic mass is 32.1. The molecule has 0 bridgehead atoms. The molecule has 1 N–H and O–H groups in total. The Hall–Kier alpha value is -1.28. The van der Waals surface area contributed by atoms with Gasteiger partial charge in [-0.05, 0) is 19.4 Å². The van der Waals surface area contributed by atoms with Gasteiger partial charge in [0.2, 0.25) is 0 Å². The highest BCUT2D eigenvalue weighted by molar-refractivity contribution is 7.16. The maximum atomic E-state index is 9.70. The summed E-state index contributed by atoms with van der Waals surface area (Å²) in [6.45, 7) is 3.90. The fraction of sp³-hybridized carbons (Fsp3) is 0.167. The van der Waals surface area contributed by atoms with Crippen LogP contribution in [-0.2, 0) is 0 Å². The summed E-state index contributed by atoms with van der Waals surface area (Å²) >= 11 is 1.64. The molecule has 14 heavy (non-hydrogen) atoms. The monoisotopic (exact) mass is 204 g/mol. The minimum Gasteiger partial charge on any atom is -0.507 e. The number of thiophene rings is 1. The van der Waals surface area contributed by atoms with Crippen LogP contribution >= 0.6 is 11.3 Å². The van der Waals surface area contributed by atoms with E-state index in [0.717, 1.165) is 10.4 Å². The second-order valence-corrected chi connectivity index (χ2v) is 4.55. The van der Waals surface area contributed by atoms with Gasteiger partial charge >= 0.3 is 0 Å². The third-order valence-electron chi connectivity index (χ3n) is 2.32. The Morgan fingerprint density at radius 1 is 1.07 bits per heavy atom. The number of rotatable bonds is 1. The predicted molar refractivity (Wildman–Crippen MR) is 60.9 cm³/mol. The zero-order chi connectivity index (χ0) is 10.1. The molecule has 1 heterocycles. The Bertz CT molecular complexity index is 443. The molecule has 0 aliphatic heterocycles. The van der Waals surface area contributed by atoms with Crippen LogP contribution in [0, 0.1) is 13.8 Å². The number of aromatic hydroxyl groups is 1. The van der Waals surface area contributed by atoms with Crippen molar-refractivity contribution < 1.29 is 5.11 Å². The molecular formula is C12H12OS. The van der Waals surface area contributed by atoms with Crippen molar-refractivity contribution in [3.63, 3.8) is 0 Å². The van der Waals surface area contributed by atoms with Crippen molar-refractivity contribution in [2.45, 2.75) is 13.8 Å². The lowest BCUT2D eigenvalue weighted by Gasteiger charge is -1.98. The molecule has 0 atom stereocenters. The molecule has 2 rings (SSSR count). The lowest BCUT2D eigenvalue weighted by Crippen LogP contribution is -1.74. The van der Waals surface area contributed by atoms with Gasteiger partial charge in [-0.25, -0.2) is 0 Å². The highest BCUT2D eigenvalue weighted by Crippen LogP contribution is 2.39. The van der Waals surface area contributed by atoms with Gasteiger partial charge in [-0.1, -0.05) is 30.3 Å². The first kappa shape index (κ1) is 9.28. The van der Waals surface area contributed by atoms with E-state index in [-0.39, 0.29) is 0 Å². The molecule has 0 amide bonds. The molecule has 0 aliphatic rings. The minimum absolute atomic E-state index is 0.439. The van der Waals surface area contributed by atoms with E-state index in [9.17, 15) is 5.11 Å². The molecule has 1 aromatic heterocycles. The molecule has 0 unspecified atom stereocenters. The summed E-state index contributed by atoms with van der Waals surface area (Å²) in [4.78, 5) is 2.15. The summed E-state index contributed by atoms with van der Waals surface area (Å²) in [5.41, 5.74) is 2.16. The molecule has 2 aromatic rings. The van der Waals surface area contributed by atoms with Crippen molar-refractivity contribution in [1.82, 2.24) is 0 Å². The fourth-order valence-corrected chi connectivity index (χ4v) is 2.57. The molecule has 0 fully saturated rings. The minimum atomic E-state index is 0.439. The zero-order valence-corrected chi connectivity index (χ0v) is 9.06. The topological polar surface area (TPSA) is 20.2 Å². The van der Waals surface area contributed by atoms with E-state index in [1.165, 1.54) is 10.4 Å². The van der Waals surface area contributed by atoms with Crippen LogP contribution in [0.25, 0.3) is 10.4 Å². The summed E-state index contributed by atoms with van der Waals surface area (Å²) in [5.74, 6) is 0.439. The van der Waals surface area contributed by atoms with Crippen molar-refractivity contribution in [3.05, 3.63) is 40.8 Å². The van der Waals surface area contributed by atoms with Gasteiger partial charge in [0, 0.05) is 15.3 Å². The van der Waals surface area contributed by atoms with E-state index in [2.05, 4.69) is 12.1 Å². The van der Waals surface area contributed by atoms with Crippen molar-refractivity contribution in [3.8, 4) is 16.2 Å².